The van der Waals surface area contributed by atoms with Gasteiger partial charge in [-0.1, -0.05) is 33.8 Å². The first kappa shape index (κ1) is 15.1. The van der Waals surface area contributed by atoms with Gasteiger partial charge in [0.15, 0.2) is 0 Å². The smallest absolute Gasteiger partial charge is 0.0318 e. The number of rotatable bonds is 4. The van der Waals surface area contributed by atoms with Crippen LogP contribution in [0.3, 0.4) is 0 Å². The van der Waals surface area contributed by atoms with Crippen molar-refractivity contribution in [3.8, 4) is 0 Å². The van der Waals surface area contributed by atoms with Crippen LogP contribution < -0.4 is 5.32 Å². The van der Waals surface area contributed by atoms with Crippen LogP contribution in [0.4, 0.5) is 0 Å². The molecule has 0 saturated heterocycles. The first-order valence-electron chi connectivity index (χ1n) is 6.00. The lowest BCUT2D eigenvalue weighted by atomic mass is 10.1. The predicted octanol–water partition coefficient (Wildman–Crippen LogP) is 5.64. The zero-order valence-corrected chi connectivity index (χ0v) is 14.8. The second-order valence-electron chi connectivity index (χ2n) is 4.26. The molecule has 2 aromatic carbocycles. The van der Waals surface area contributed by atoms with E-state index in [4.69, 9.17) is 0 Å². The van der Waals surface area contributed by atoms with Gasteiger partial charge in [-0.15, -0.1) is 0 Å². The highest BCUT2D eigenvalue weighted by Gasteiger charge is 2.07. The van der Waals surface area contributed by atoms with Gasteiger partial charge >= 0.3 is 0 Å². The van der Waals surface area contributed by atoms with Crippen molar-refractivity contribution in [1.29, 1.82) is 0 Å². The number of halogens is 2. The van der Waals surface area contributed by atoms with Crippen molar-refractivity contribution in [2.75, 3.05) is 7.05 Å². The Kier molecular flexibility index (Phi) is 5.51. The van der Waals surface area contributed by atoms with Crippen LogP contribution in [0.1, 0.15) is 18.5 Å². The third kappa shape index (κ3) is 4.09. The molecule has 4 heteroatoms. The molecule has 1 nitrogen and oxygen atoms in total. The topological polar surface area (TPSA) is 12.0 Å². The molecular formula is C15H15Br2NS. The van der Waals surface area contributed by atoms with Crippen LogP contribution in [0.5, 0.6) is 0 Å². The number of benzene rings is 2. The zero-order valence-electron chi connectivity index (χ0n) is 10.8. The summed E-state index contributed by atoms with van der Waals surface area (Å²) < 4.78 is 2.24. The number of hydrogen-bond acceptors (Lipinski definition) is 2. The molecule has 1 N–H and O–H groups in total. The van der Waals surface area contributed by atoms with E-state index in [9.17, 15) is 0 Å². The van der Waals surface area contributed by atoms with Gasteiger partial charge in [0.25, 0.3) is 0 Å². The molecule has 0 saturated carbocycles. The van der Waals surface area contributed by atoms with Gasteiger partial charge in [-0.25, -0.2) is 0 Å². The molecule has 0 aliphatic heterocycles. The Morgan fingerprint density at radius 2 is 1.74 bits per heavy atom. The van der Waals surface area contributed by atoms with Gasteiger partial charge in [0.1, 0.15) is 0 Å². The van der Waals surface area contributed by atoms with E-state index in [0.717, 1.165) is 8.95 Å². The monoisotopic (exact) mass is 399 g/mol. The summed E-state index contributed by atoms with van der Waals surface area (Å²) >= 11 is 8.87. The Balaban J connectivity index is 2.19. The van der Waals surface area contributed by atoms with Crippen LogP contribution in [0.25, 0.3) is 0 Å². The Morgan fingerprint density at radius 1 is 1.05 bits per heavy atom. The largest absolute Gasteiger partial charge is 0.313 e. The van der Waals surface area contributed by atoms with Crippen LogP contribution in [-0.4, -0.2) is 7.05 Å². The average Bonchev–Trinajstić information content (AvgIpc) is 2.42. The van der Waals surface area contributed by atoms with Gasteiger partial charge in [0.05, 0.1) is 0 Å². The fourth-order valence-electron chi connectivity index (χ4n) is 1.67. The fraction of sp³-hybridized carbons (Fsp3) is 0.200. The first-order valence-corrected chi connectivity index (χ1v) is 8.40. The zero-order chi connectivity index (χ0) is 13.8. The predicted molar refractivity (Wildman–Crippen MR) is 89.9 cm³/mol. The van der Waals surface area contributed by atoms with Crippen molar-refractivity contribution in [2.45, 2.75) is 22.8 Å². The molecular weight excluding hydrogens is 386 g/mol. The molecule has 0 radical (unpaired) electrons. The second-order valence-corrected chi connectivity index (χ2v) is 7.14. The highest BCUT2D eigenvalue weighted by Crippen LogP contribution is 2.35. The lowest BCUT2D eigenvalue weighted by molar-refractivity contribution is 0.651. The van der Waals surface area contributed by atoms with Crippen LogP contribution in [0, 0.1) is 0 Å². The van der Waals surface area contributed by atoms with Crippen LogP contribution in [-0.2, 0) is 0 Å². The standard InChI is InChI=1S/C15H15Br2NS/c1-10(18-2)11-3-8-15(14(17)9-11)19-13-6-4-12(16)5-7-13/h3-10,18H,1-2H3. The van der Waals surface area contributed by atoms with Crippen molar-refractivity contribution in [3.05, 3.63) is 57.0 Å². The van der Waals surface area contributed by atoms with E-state index in [1.165, 1.54) is 15.4 Å². The third-order valence-electron chi connectivity index (χ3n) is 2.93. The quantitative estimate of drug-likeness (QED) is 0.712. The van der Waals surface area contributed by atoms with E-state index in [2.05, 4.69) is 86.6 Å². The Morgan fingerprint density at radius 3 is 2.32 bits per heavy atom. The SMILES string of the molecule is CNC(C)c1ccc(Sc2ccc(Br)cc2)c(Br)c1. The molecule has 0 aromatic heterocycles. The molecule has 19 heavy (non-hydrogen) atoms. The lowest BCUT2D eigenvalue weighted by Gasteiger charge is -2.12. The summed E-state index contributed by atoms with van der Waals surface area (Å²) in [6.07, 6.45) is 0. The van der Waals surface area contributed by atoms with Gasteiger partial charge in [-0.2, -0.15) is 0 Å². The maximum Gasteiger partial charge on any atom is 0.0318 e. The van der Waals surface area contributed by atoms with E-state index in [1.807, 2.05) is 7.05 Å². The molecule has 0 bridgehead atoms. The molecule has 0 aliphatic rings. The maximum absolute atomic E-state index is 3.66. The third-order valence-corrected chi connectivity index (χ3v) is 5.46. The van der Waals surface area contributed by atoms with Gasteiger partial charge < -0.3 is 5.32 Å². The van der Waals surface area contributed by atoms with Gasteiger partial charge in [-0.05, 0) is 71.9 Å². The number of hydrogen-bond donors (Lipinski definition) is 1. The molecule has 2 rings (SSSR count). The molecule has 0 aliphatic carbocycles. The molecule has 0 amide bonds. The lowest BCUT2D eigenvalue weighted by Crippen LogP contribution is -2.12. The molecule has 1 atom stereocenters. The van der Waals surface area contributed by atoms with E-state index >= 15 is 0 Å². The summed E-state index contributed by atoms with van der Waals surface area (Å²) in [4.78, 5) is 2.47. The minimum Gasteiger partial charge on any atom is -0.313 e. The Hall–Kier alpha value is -0.290. The summed E-state index contributed by atoms with van der Waals surface area (Å²) in [6, 6.07) is 15.2. The fourth-order valence-corrected chi connectivity index (χ4v) is 3.39. The molecule has 0 heterocycles. The summed E-state index contributed by atoms with van der Waals surface area (Å²) in [6.45, 7) is 2.16. The van der Waals surface area contributed by atoms with Crippen LogP contribution in [0.2, 0.25) is 0 Å². The van der Waals surface area contributed by atoms with Crippen molar-refractivity contribution in [3.63, 3.8) is 0 Å². The van der Waals surface area contributed by atoms with Crippen molar-refractivity contribution in [2.24, 2.45) is 0 Å². The maximum atomic E-state index is 3.66. The van der Waals surface area contributed by atoms with Crippen molar-refractivity contribution in [1.82, 2.24) is 5.32 Å². The summed E-state index contributed by atoms with van der Waals surface area (Å²) in [5, 5.41) is 3.25. The minimum atomic E-state index is 0.364. The van der Waals surface area contributed by atoms with E-state index < -0.39 is 0 Å². The molecule has 2 aromatic rings. The molecule has 0 spiro atoms. The van der Waals surface area contributed by atoms with E-state index in [1.54, 1.807) is 11.8 Å². The highest BCUT2D eigenvalue weighted by molar-refractivity contribution is 9.10. The Labute approximate surface area is 135 Å². The highest BCUT2D eigenvalue weighted by atomic mass is 79.9. The van der Waals surface area contributed by atoms with Crippen molar-refractivity contribution < 1.29 is 0 Å². The van der Waals surface area contributed by atoms with Crippen molar-refractivity contribution >= 4 is 43.6 Å². The average molecular weight is 401 g/mol. The second kappa shape index (κ2) is 6.93. The van der Waals surface area contributed by atoms with Gasteiger partial charge in [0.2, 0.25) is 0 Å². The summed E-state index contributed by atoms with van der Waals surface area (Å²) in [5.74, 6) is 0. The van der Waals surface area contributed by atoms with Gasteiger partial charge in [-0.3, -0.25) is 0 Å². The minimum absolute atomic E-state index is 0.364. The summed E-state index contributed by atoms with van der Waals surface area (Å²) in [5.41, 5.74) is 1.29. The van der Waals surface area contributed by atoms with Crippen LogP contribution in [0.15, 0.2) is 61.2 Å². The van der Waals surface area contributed by atoms with E-state index in [0.29, 0.717) is 6.04 Å². The van der Waals surface area contributed by atoms with Crippen LogP contribution >= 0.6 is 43.6 Å². The number of nitrogens with one attached hydrogen (secondary N) is 1. The molecule has 1 unspecified atom stereocenters. The summed E-state index contributed by atoms with van der Waals surface area (Å²) in [7, 11) is 1.98. The molecule has 0 fully saturated rings. The van der Waals surface area contributed by atoms with Gasteiger partial charge in [0, 0.05) is 24.8 Å². The molecule has 100 valence electrons. The first-order chi connectivity index (χ1) is 9.10. The van der Waals surface area contributed by atoms with E-state index in [-0.39, 0.29) is 0 Å². The Bertz CT molecular complexity index is 555. The normalized spacial score (nSPS) is 12.4.